The highest BCUT2D eigenvalue weighted by atomic mass is 35.5. The smallest absolute Gasteiger partial charge is 0.163 e. The molecule has 2 aromatic heterocycles. The van der Waals surface area contributed by atoms with Gasteiger partial charge in [-0.1, -0.05) is 30.7 Å². The first-order valence-electron chi connectivity index (χ1n) is 9.78. The second-order valence-electron chi connectivity index (χ2n) is 7.40. The molecule has 0 saturated carbocycles. The van der Waals surface area contributed by atoms with Gasteiger partial charge in [0.2, 0.25) is 0 Å². The molecule has 0 bridgehead atoms. The van der Waals surface area contributed by atoms with E-state index in [1.807, 2.05) is 38.1 Å². The van der Waals surface area contributed by atoms with E-state index in [1.54, 1.807) is 11.3 Å². The number of hydrogen-bond donors (Lipinski definition) is 0. The van der Waals surface area contributed by atoms with Crippen molar-refractivity contribution in [2.75, 3.05) is 0 Å². The first-order valence-corrected chi connectivity index (χ1v) is 11.0. The van der Waals surface area contributed by atoms with Crippen molar-refractivity contribution in [3.05, 3.63) is 62.5 Å². The number of aliphatic imine (C=N–C) groups is 1. The molecule has 0 spiro atoms. The number of benzene rings is 1. The van der Waals surface area contributed by atoms with Gasteiger partial charge in [0.15, 0.2) is 5.82 Å². The third-order valence-corrected chi connectivity index (χ3v) is 6.75. The van der Waals surface area contributed by atoms with E-state index in [9.17, 15) is 4.79 Å². The number of carbonyl (C=O) groups is 1. The van der Waals surface area contributed by atoms with Crippen molar-refractivity contribution in [2.45, 2.75) is 53.0 Å². The number of carbonyl (C=O) groups excluding carboxylic acids is 1. The summed E-state index contributed by atoms with van der Waals surface area (Å²) in [6.07, 6.45) is 1.71. The molecule has 1 aliphatic rings. The summed E-state index contributed by atoms with van der Waals surface area (Å²) < 4.78 is 2.08. The molecular weight excluding hydrogens is 404 g/mol. The third kappa shape index (κ3) is 3.55. The topological polar surface area (TPSA) is 60.1 Å². The van der Waals surface area contributed by atoms with Crippen LogP contribution in [0.3, 0.4) is 0 Å². The highest BCUT2D eigenvalue weighted by Gasteiger charge is 2.32. The van der Waals surface area contributed by atoms with Gasteiger partial charge in [-0.3, -0.25) is 14.4 Å². The van der Waals surface area contributed by atoms with Crippen molar-refractivity contribution in [3.63, 3.8) is 0 Å². The lowest BCUT2D eigenvalue weighted by molar-refractivity contribution is -0.119. The van der Waals surface area contributed by atoms with Crippen LogP contribution >= 0.6 is 22.9 Å². The van der Waals surface area contributed by atoms with Crippen LogP contribution in [-0.2, 0) is 4.79 Å². The van der Waals surface area contributed by atoms with E-state index in [4.69, 9.17) is 16.6 Å². The Morgan fingerprint density at radius 1 is 1.17 bits per heavy atom. The summed E-state index contributed by atoms with van der Waals surface area (Å²) in [7, 11) is 0. The predicted molar refractivity (Wildman–Crippen MR) is 118 cm³/mol. The Labute approximate surface area is 179 Å². The summed E-state index contributed by atoms with van der Waals surface area (Å²) in [6.45, 7) is 8.21. The number of Topliss-reactive ketones (excluding diaryl/α,β-unsaturated/α-hetero) is 1. The lowest BCUT2D eigenvalue weighted by atomic mass is 9.99. The molecule has 0 radical (unpaired) electrons. The second-order valence-corrected chi connectivity index (χ2v) is 9.04. The van der Waals surface area contributed by atoms with Crippen LogP contribution < -0.4 is 0 Å². The van der Waals surface area contributed by atoms with Gasteiger partial charge in [0.05, 0.1) is 5.71 Å². The molecular formula is C22H23ClN4OS. The highest BCUT2D eigenvalue weighted by molar-refractivity contribution is 7.15. The zero-order chi connectivity index (χ0) is 20.7. The number of fused-ring (bicyclic) bond motifs is 3. The Morgan fingerprint density at radius 2 is 1.90 bits per heavy atom. The van der Waals surface area contributed by atoms with E-state index in [-0.39, 0.29) is 11.8 Å². The van der Waals surface area contributed by atoms with Gasteiger partial charge in [-0.05, 0) is 44.9 Å². The zero-order valence-electron chi connectivity index (χ0n) is 17.0. The molecule has 0 amide bonds. The number of ketones is 1. The summed E-state index contributed by atoms with van der Waals surface area (Å²) in [5.74, 6) is 1.74. The fourth-order valence-corrected chi connectivity index (χ4v) is 5.07. The quantitative estimate of drug-likeness (QED) is 0.536. The van der Waals surface area contributed by atoms with Crippen LogP contribution in [0.1, 0.15) is 65.4 Å². The van der Waals surface area contributed by atoms with Crippen molar-refractivity contribution in [3.8, 4) is 5.00 Å². The van der Waals surface area contributed by atoms with Gasteiger partial charge < -0.3 is 0 Å². The SMILES string of the molecule is CCCC(=O)CC1N=C(c2ccc(Cl)cc2)c2c(sc(C)c2C)-n2c(C)nnc21. The van der Waals surface area contributed by atoms with E-state index in [2.05, 4.69) is 28.6 Å². The molecule has 150 valence electrons. The maximum Gasteiger partial charge on any atom is 0.163 e. The maximum absolute atomic E-state index is 12.5. The van der Waals surface area contributed by atoms with E-state index in [1.165, 1.54) is 10.4 Å². The molecule has 1 unspecified atom stereocenters. The Kier molecular flexibility index (Phi) is 5.40. The van der Waals surface area contributed by atoms with Crippen LogP contribution in [0.25, 0.3) is 5.00 Å². The fraction of sp³-hybridized carbons (Fsp3) is 0.364. The number of aromatic nitrogens is 3. The molecule has 0 N–H and O–H groups in total. The Hall–Kier alpha value is -2.31. The van der Waals surface area contributed by atoms with Gasteiger partial charge in [-0.15, -0.1) is 21.5 Å². The van der Waals surface area contributed by atoms with Gasteiger partial charge in [-0.2, -0.15) is 0 Å². The maximum atomic E-state index is 12.5. The summed E-state index contributed by atoms with van der Waals surface area (Å²) in [5.41, 5.74) is 4.15. The molecule has 7 heteroatoms. The monoisotopic (exact) mass is 426 g/mol. The summed E-state index contributed by atoms with van der Waals surface area (Å²) in [4.78, 5) is 18.9. The molecule has 1 aliphatic heterocycles. The second kappa shape index (κ2) is 7.84. The average Bonchev–Trinajstić information content (AvgIpc) is 3.15. The number of hydrogen-bond acceptors (Lipinski definition) is 5. The number of rotatable bonds is 5. The summed E-state index contributed by atoms with van der Waals surface area (Å²) in [5, 5.41) is 10.5. The first kappa shape index (κ1) is 20.0. The molecule has 0 fully saturated rings. The van der Waals surface area contributed by atoms with Gasteiger partial charge >= 0.3 is 0 Å². The van der Waals surface area contributed by atoms with Crippen molar-refractivity contribution in [1.29, 1.82) is 0 Å². The zero-order valence-corrected chi connectivity index (χ0v) is 18.6. The molecule has 3 heterocycles. The van der Waals surface area contributed by atoms with Gasteiger partial charge in [0, 0.05) is 33.9 Å². The van der Waals surface area contributed by atoms with Crippen LogP contribution in [0.15, 0.2) is 29.3 Å². The van der Waals surface area contributed by atoms with Gasteiger partial charge in [0.1, 0.15) is 22.7 Å². The molecule has 1 atom stereocenters. The van der Waals surface area contributed by atoms with Crippen LogP contribution in [0, 0.1) is 20.8 Å². The minimum absolute atomic E-state index is 0.196. The third-order valence-electron chi connectivity index (χ3n) is 5.31. The number of halogens is 1. The van der Waals surface area contributed by atoms with Crippen molar-refractivity contribution >= 4 is 34.4 Å². The predicted octanol–water partition coefficient (Wildman–Crippen LogP) is 5.56. The molecule has 4 rings (SSSR count). The lowest BCUT2D eigenvalue weighted by Gasteiger charge is -2.12. The van der Waals surface area contributed by atoms with Crippen LogP contribution in [-0.4, -0.2) is 26.3 Å². The van der Waals surface area contributed by atoms with Crippen molar-refractivity contribution in [1.82, 2.24) is 14.8 Å². The Bertz CT molecular complexity index is 1110. The Morgan fingerprint density at radius 3 is 2.59 bits per heavy atom. The van der Waals surface area contributed by atoms with E-state index >= 15 is 0 Å². The molecule has 0 aliphatic carbocycles. The fourth-order valence-electron chi connectivity index (χ4n) is 3.73. The summed E-state index contributed by atoms with van der Waals surface area (Å²) in [6, 6.07) is 7.37. The minimum Gasteiger partial charge on any atom is -0.300 e. The minimum atomic E-state index is -0.361. The number of aryl methyl sites for hydroxylation is 2. The van der Waals surface area contributed by atoms with Gasteiger partial charge in [-0.25, -0.2) is 0 Å². The standard InChI is InChI=1S/C22H23ClN4OS/c1-5-6-17(28)11-18-21-26-25-14(4)27(21)22-19(12(2)13(3)29-22)20(24-18)15-7-9-16(23)10-8-15/h7-10,18H,5-6,11H2,1-4H3. The van der Waals surface area contributed by atoms with Crippen molar-refractivity contribution < 1.29 is 4.79 Å². The molecule has 29 heavy (non-hydrogen) atoms. The van der Waals surface area contributed by atoms with Crippen LogP contribution in [0.5, 0.6) is 0 Å². The molecule has 3 aromatic rings. The first-order chi connectivity index (χ1) is 13.9. The normalized spacial score (nSPS) is 15.5. The Balaban J connectivity index is 1.96. The average molecular weight is 427 g/mol. The number of nitrogens with zero attached hydrogens (tertiary/aromatic N) is 4. The van der Waals surface area contributed by atoms with Crippen LogP contribution in [0.2, 0.25) is 5.02 Å². The largest absolute Gasteiger partial charge is 0.300 e. The van der Waals surface area contributed by atoms with Gasteiger partial charge in [0.25, 0.3) is 0 Å². The molecule has 0 saturated heterocycles. The summed E-state index contributed by atoms with van der Waals surface area (Å²) >= 11 is 7.84. The van der Waals surface area contributed by atoms with E-state index in [0.717, 1.165) is 39.9 Å². The lowest BCUT2D eigenvalue weighted by Crippen LogP contribution is -2.11. The molecule has 5 nitrogen and oxygen atoms in total. The van der Waals surface area contributed by atoms with Crippen LogP contribution in [0.4, 0.5) is 0 Å². The van der Waals surface area contributed by atoms with E-state index < -0.39 is 0 Å². The highest BCUT2D eigenvalue weighted by Crippen LogP contribution is 2.39. The van der Waals surface area contributed by atoms with Crippen molar-refractivity contribution in [2.24, 2.45) is 4.99 Å². The number of thiophene rings is 1. The molecule has 1 aromatic carbocycles. The van der Waals surface area contributed by atoms with E-state index in [0.29, 0.717) is 17.9 Å².